The molecule has 1 rings (SSSR count). The largest absolute Gasteiger partial charge is 0.458 e. The van der Waals surface area contributed by atoms with Gasteiger partial charge in [-0.05, 0) is 6.07 Å². The molecule has 13 heavy (non-hydrogen) atoms. The first kappa shape index (κ1) is 9.32. The Labute approximate surface area is 76.8 Å². The van der Waals surface area contributed by atoms with Crippen LogP contribution in [-0.4, -0.2) is 5.97 Å². The summed E-state index contributed by atoms with van der Waals surface area (Å²) >= 11 is 0. The number of nitrogen functional groups attached to an aromatic ring is 1. The fourth-order valence-corrected chi connectivity index (χ4v) is 0.873. The highest BCUT2D eigenvalue weighted by Crippen LogP contribution is 2.11. The highest BCUT2D eigenvalue weighted by atomic mass is 16.5. The van der Waals surface area contributed by atoms with E-state index in [0.717, 1.165) is 11.6 Å². The number of ether oxygens (including phenoxy) is 1. The fraction of sp³-hybridized carbons (Fsp3) is 0.100. The molecule has 0 saturated carbocycles. The number of benzene rings is 1. The zero-order valence-electron chi connectivity index (χ0n) is 7.19. The molecule has 0 spiro atoms. The van der Waals surface area contributed by atoms with Crippen molar-refractivity contribution < 1.29 is 9.53 Å². The molecule has 0 bridgehead atoms. The van der Waals surface area contributed by atoms with E-state index < -0.39 is 5.97 Å². The predicted molar refractivity (Wildman–Crippen MR) is 50.8 cm³/mol. The van der Waals surface area contributed by atoms with Gasteiger partial charge in [-0.1, -0.05) is 24.8 Å². The molecule has 0 unspecified atom stereocenters. The first-order valence-corrected chi connectivity index (χ1v) is 3.86. The van der Waals surface area contributed by atoms with Crippen molar-refractivity contribution in [3.8, 4) is 0 Å². The van der Waals surface area contributed by atoms with E-state index in [1.165, 1.54) is 0 Å². The fourth-order valence-electron chi connectivity index (χ4n) is 0.873. The van der Waals surface area contributed by atoms with Crippen LogP contribution in [-0.2, 0) is 16.1 Å². The van der Waals surface area contributed by atoms with Crippen molar-refractivity contribution in [3.05, 3.63) is 42.5 Å². The number of hydrogen-bond donors (Lipinski definition) is 1. The van der Waals surface area contributed by atoms with E-state index in [2.05, 4.69) is 6.58 Å². The number of nitrogens with two attached hydrogens (primary N) is 1. The number of hydrogen-bond acceptors (Lipinski definition) is 3. The van der Waals surface area contributed by atoms with Gasteiger partial charge in [0.2, 0.25) is 0 Å². The second kappa shape index (κ2) is 4.30. The lowest BCUT2D eigenvalue weighted by Gasteiger charge is -2.04. The standard InChI is InChI=1S/C10H11NO2/c1-2-10(12)13-7-8-5-3-4-6-9(8)11/h2-6H,1,7,11H2. The minimum Gasteiger partial charge on any atom is -0.458 e. The topological polar surface area (TPSA) is 52.3 Å². The van der Waals surface area contributed by atoms with Gasteiger partial charge in [-0.2, -0.15) is 0 Å². The second-order valence-electron chi connectivity index (χ2n) is 2.51. The summed E-state index contributed by atoms with van der Waals surface area (Å²) in [4.78, 5) is 10.7. The van der Waals surface area contributed by atoms with Crippen LogP contribution in [0.5, 0.6) is 0 Å². The summed E-state index contributed by atoms with van der Waals surface area (Å²) in [5.41, 5.74) is 7.06. The summed E-state index contributed by atoms with van der Waals surface area (Å²) in [5, 5.41) is 0. The molecule has 1 aromatic rings. The first-order chi connectivity index (χ1) is 6.24. The van der Waals surface area contributed by atoms with Crippen molar-refractivity contribution in [3.63, 3.8) is 0 Å². The van der Waals surface area contributed by atoms with Crippen molar-refractivity contribution in [2.45, 2.75) is 6.61 Å². The van der Waals surface area contributed by atoms with Crippen molar-refractivity contribution in [2.75, 3.05) is 5.73 Å². The molecular formula is C10H11NO2. The van der Waals surface area contributed by atoms with E-state index in [9.17, 15) is 4.79 Å². The van der Waals surface area contributed by atoms with Gasteiger partial charge in [-0.15, -0.1) is 0 Å². The molecule has 0 amide bonds. The monoisotopic (exact) mass is 177 g/mol. The van der Waals surface area contributed by atoms with Gasteiger partial charge in [0.05, 0.1) is 0 Å². The summed E-state index contributed by atoms with van der Waals surface area (Å²) in [6.07, 6.45) is 1.12. The van der Waals surface area contributed by atoms with E-state index in [4.69, 9.17) is 10.5 Å². The average molecular weight is 177 g/mol. The third kappa shape index (κ3) is 2.63. The van der Waals surface area contributed by atoms with Gasteiger partial charge in [0.1, 0.15) is 6.61 Å². The van der Waals surface area contributed by atoms with Gasteiger partial charge < -0.3 is 10.5 Å². The maximum absolute atomic E-state index is 10.7. The number of carbonyl (C=O) groups excluding carboxylic acids is 1. The third-order valence-electron chi connectivity index (χ3n) is 1.59. The van der Waals surface area contributed by atoms with Gasteiger partial charge in [-0.3, -0.25) is 0 Å². The van der Waals surface area contributed by atoms with Crippen molar-refractivity contribution in [1.82, 2.24) is 0 Å². The van der Waals surface area contributed by atoms with Gasteiger partial charge in [0.15, 0.2) is 0 Å². The average Bonchev–Trinajstić information content (AvgIpc) is 2.16. The molecular weight excluding hydrogens is 166 g/mol. The highest BCUT2D eigenvalue weighted by Gasteiger charge is 2.00. The summed E-state index contributed by atoms with van der Waals surface area (Å²) < 4.78 is 4.82. The molecule has 3 nitrogen and oxygen atoms in total. The lowest BCUT2D eigenvalue weighted by Crippen LogP contribution is -2.02. The van der Waals surface area contributed by atoms with Crippen LogP contribution in [0.4, 0.5) is 5.69 Å². The van der Waals surface area contributed by atoms with Crippen LogP contribution in [0, 0.1) is 0 Å². The molecule has 0 aromatic heterocycles. The number of anilines is 1. The Bertz CT molecular complexity index is 320. The van der Waals surface area contributed by atoms with E-state index >= 15 is 0 Å². The quantitative estimate of drug-likeness (QED) is 0.432. The molecule has 68 valence electrons. The molecule has 0 radical (unpaired) electrons. The van der Waals surface area contributed by atoms with Crippen LogP contribution in [0.25, 0.3) is 0 Å². The van der Waals surface area contributed by atoms with Gasteiger partial charge in [0, 0.05) is 17.3 Å². The SMILES string of the molecule is C=CC(=O)OCc1ccccc1N. The van der Waals surface area contributed by atoms with Crippen molar-refractivity contribution >= 4 is 11.7 Å². The minimum absolute atomic E-state index is 0.192. The normalized spacial score (nSPS) is 9.23. The summed E-state index contributed by atoms with van der Waals surface area (Å²) in [5.74, 6) is -0.441. The highest BCUT2D eigenvalue weighted by molar-refractivity contribution is 5.81. The minimum atomic E-state index is -0.441. The molecule has 0 heterocycles. The zero-order chi connectivity index (χ0) is 9.68. The van der Waals surface area contributed by atoms with Crippen LogP contribution in [0.15, 0.2) is 36.9 Å². The number of para-hydroxylation sites is 1. The molecule has 0 fully saturated rings. The maximum Gasteiger partial charge on any atom is 0.330 e. The lowest BCUT2D eigenvalue weighted by atomic mass is 10.2. The van der Waals surface area contributed by atoms with E-state index in [1.807, 2.05) is 18.2 Å². The second-order valence-corrected chi connectivity index (χ2v) is 2.51. The summed E-state index contributed by atoms with van der Waals surface area (Å²) in [6.45, 7) is 3.48. The Kier molecular flexibility index (Phi) is 3.09. The Balaban J connectivity index is 2.59. The molecule has 0 atom stereocenters. The summed E-state index contributed by atoms with van der Waals surface area (Å²) in [7, 11) is 0. The number of carbonyl (C=O) groups is 1. The molecule has 0 aliphatic carbocycles. The van der Waals surface area contributed by atoms with Gasteiger partial charge in [-0.25, -0.2) is 4.79 Å². The van der Waals surface area contributed by atoms with E-state index in [-0.39, 0.29) is 6.61 Å². The van der Waals surface area contributed by atoms with Crippen molar-refractivity contribution in [2.24, 2.45) is 0 Å². The van der Waals surface area contributed by atoms with Crippen LogP contribution < -0.4 is 5.73 Å². The van der Waals surface area contributed by atoms with Gasteiger partial charge >= 0.3 is 5.97 Å². The van der Waals surface area contributed by atoms with Gasteiger partial charge in [0.25, 0.3) is 0 Å². The predicted octanol–water partition coefficient (Wildman–Crippen LogP) is 1.50. The van der Waals surface area contributed by atoms with Crippen LogP contribution in [0.1, 0.15) is 5.56 Å². The lowest BCUT2D eigenvalue weighted by molar-refractivity contribution is -0.138. The molecule has 0 saturated heterocycles. The smallest absolute Gasteiger partial charge is 0.330 e. The van der Waals surface area contributed by atoms with E-state index in [1.54, 1.807) is 6.07 Å². The molecule has 0 aliphatic rings. The van der Waals surface area contributed by atoms with Crippen LogP contribution >= 0.6 is 0 Å². The Morgan fingerprint density at radius 2 is 2.23 bits per heavy atom. The molecule has 3 heteroatoms. The Morgan fingerprint density at radius 1 is 1.54 bits per heavy atom. The van der Waals surface area contributed by atoms with Crippen LogP contribution in [0.3, 0.4) is 0 Å². The third-order valence-corrected chi connectivity index (χ3v) is 1.59. The van der Waals surface area contributed by atoms with Crippen molar-refractivity contribution in [1.29, 1.82) is 0 Å². The van der Waals surface area contributed by atoms with E-state index in [0.29, 0.717) is 5.69 Å². The number of esters is 1. The molecule has 1 aromatic carbocycles. The molecule has 0 aliphatic heterocycles. The maximum atomic E-state index is 10.7. The number of rotatable bonds is 3. The Morgan fingerprint density at radius 3 is 2.85 bits per heavy atom. The first-order valence-electron chi connectivity index (χ1n) is 3.86. The Hall–Kier alpha value is -1.77. The molecule has 2 N–H and O–H groups in total. The summed E-state index contributed by atoms with van der Waals surface area (Å²) in [6, 6.07) is 7.24. The zero-order valence-corrected chi connectivity index (χ0v) is 7.19. The van der Waals surface area contributed by atoms with Crippen LogP contribution in [0.2, 0.25) is 0 Å².